The molecule has 1 fully saturated rings. The Morgan fingerprint density at radius 3 is 2.21 bits per heavy atom. The monoisotopic (exact) mass is 737 g/mol. The molecule has 2 heterocycles. The second kappa shape index (κ2) is 18.5. The zero-order valence-corrected chi connectivity index (χ0v) is 30.0. The van der Waals surface area contributed by atoms with Crippen LogP contribution in [0.2, 0.25) is 0 Å². The molecule has 3 atom stereocenters. The maximum absolute atomic E-state index is 12.7. The normalized spacial score (nSPS) is 17.0. The van der Waals surface area contributed by atoms with E-state index in [-0.39, 0.29) is 36.4 Å². The van der Waals surface area contributed by atoms with E-state index in [2.05, 4.69) is 26.2 Å². The standard InChI is InChI=1S/C39H43N7O6S/c40-33-7-5-6-8-34(33)42-37(50)10-4-2-1-3-9-36(49)41-29-17-15-28(16-18-29)38-51-32(23-35(52-38)27-13-11-26(24-47)12-14-27)25-53-39-43-44-45-46(39)30-19-21-31(48)22-20-30/h5-8,11-22,32,35,38,47-48H,1-4,9-10,23-25,40H2,(H,41,49)(H,42,50)/t32-,35+,38+/m0/s1. The molecule has 5 aromatic rings. The molecule has 6 N–H and O–H groups in total. The van der Waals surface area contributed by atoms with E-state index in [1.54, 1.807) is 41.1 Å². The van der Waals surface area contributed by atoms with E-state index in [1.807, 2.05) is 60.7 Å². The summed E-state index contributed by atoms with van der Waals surface area (Å²) < 4.78 is 14.6. The fourth-order valence-corrected chi connectivity index (χ4v) is 6.82. The number of aromatic nitrogens is 4. The highest BCUT2D eigenvalue weighted by Gasteiger charge is 2.32. The summed E-state index contributed by atoms with van der Waals surface area (Å²) >= 11 is 1.46. The molecule has 0 bridgehead atoms. The van der Waals surface area contributed by atoms with Gasteiger partial charge in [0.2, 0.25) is 17.0 Å². The summed E-state index contributed by atoms with van der Waals surface area (Å²) in [5.41, 5.74) is 11.1. The van der Waals surface area contributed by atoms with Crippen molar-refractivity contribution >= 4 is 40.6 Å². The third kappa shape index (κ3) is 10.6. The fraction of sp³-hybridized carbons (Fsp3) is 0.308. The number of amides is 2. The smallest absolute Gasteiger partial charge is 0.224 e. The first-order chi connectivity index (χ1) is 25.8. The molecule has 4 aromatic carbocycles. The number of hydrogen-bond donors (Lipinski definition) is 5. The van der Waals surface area contributed by atoms with Gasteiger partial charge < -0.3 is 36.1 Å². The quantitative estimate of drug-likeness (QED) is 0.0412. The number of carbonyl (C=O) groups is 2. The Bertz CT molecular complexity index is 1940. The van der Waals surface area contributed by atoms with E-state index in [1.165, 1.54) is 11.8 Å². The molecule has 0 saturated carbocycles. The first-order valence-electron chi connectivity index (χ1n) is 17.6. The number of aromatic hydroxyl groups is 1. The van der Waals surface area contributed by atoms with E-state index in [4.69, 9.17) is 15.2 Å². The minimum atomic E-state index is -0.665. The second-order valence-corrected chi connectivity index (χ2v) is 13.8. The highest BCUT2D eigenvalue weighted by Crippen LogP contribution is 2.39. The first kappa shape index (κ1) is 37.5. The number of anilines is 3. The van der Waals surface area contributed by atoms with Crippen molar-refractivity contribution in [1.82, 2.24) is 20.2 Å². The predicted molar refractivity (Wildman–Crippen MR) is 202 cm³/mol. The number of thioether (sulfide) groups is 1. The molecular weight excluding hydrogens is 695 g/mol. The molecule has 6 rings (SSSR count). The zero-order valence-electron chi connectivity index (χ0n) is 29.1. The van der Waals surface area contributed by atoms with Gasteiger partial charge in [-0.25, -0.2) is 0 Å². The van der Waals surface area contributed by atoms with Crippen molar-refractivity contribution in [2.24, 2.45) is 0 Å². The Balaban J connectivity index is 1.00. The van der Waals surface area contributed by atoms with E-state index in [0.29, 0.717) is 47.2 Å². The topological polar surface area (TPSA) is 187 Å². The van der Waals surface area contributed by atoms with E-state index in [0.717, 1.165) is 48.1 Å². The SMILES string of the molecule is Nc1ccccc1NC(=O)CCCCCCC(=O)Nc1ccc([C@@H]2O[C@H](CSc3nnnn3-c3ccc(O)cc3)C[C@H](c3ccc(CO)cc3)O2)cc1. The van der Waals surface area contributed by atoms with Gasteiger partial charge in [0.15, 0.2) is 6.29 Å². The summed E-state index contributed by atoms with van der Waals surface area (Å²) in [6, 6.07) is 29.0. The molecule has 1 aliphatic rings. The molecule has 1 saturated heterocycles. The fourth-order valence-electron chi connectivity index (χ4n) is 5.91. The van der Waals surface area contributed by atoms with Gasteiger partial charge in [0.05, 0.1) is 35.9 Å². The molecule has 276 valence electrons. The van der Waals surface area contributed by atoms with Crippen LogP contribution in [0.25, 0.3) is 5.69 Å². The van der Waals surface area contributed by atoms with Gasteiger partial charge in [0, 0.05) is 36.3 Å². The number of aliphatic hydroxyl groups excluding tert-OH is 1. The lowest BCUT2D eigenvalue weighted by molar-refractivity contribution is -0.245. The van der Waals surface area contributed by atoms with Gasteiger partial charge >= 0.3 is 0 Å². The Hall–Kier alpha value is -5.28. The van der Waals surface area contributed by atoms with Gasteiger partial charge in [0.25, 0.3) is 0 Å². The van der Waals surface area contributed by atoms with Crippen LogP contribution in [0.5, 0.6) is 5.75 Å². The van der Waals surface area contributed by atoms with Crippen LogP contribution in [0, 0.1) is 0 Å². The molecule has 2 amide bonds. The van der Waals surface area contributed by atoms with Crippen LogP contribution in [0.1, 0.15) is 74.0 Å². The predicted octanol–water partition coefficient (Wildman–Crippen LogP) is 6.70. The number of carbonyl (C=O) groups excluding carboxylic acids is 2. The number of nitrogen functional groups attached to an aromatic ring is 1. The maximum Gasteiger partial charge on any atom is 0.224 e. The second-order valence-electron chi connectivity index (χ2n) is 12.8. The molecule has 13 nitrogen and oxygen atoms in total. The Kier molecular flexibility index (Phi) is 13.1. The molecule has 1 aromatic heterocycles. The van der Waals surface area contributed by atoms with Crippen molar-refractivity contribution in [1.29, 1.82) is 0 Å². The van der Waals surface area contributed by atoms with Gasteiger partial charge in [0.1, 0.15) is 5.75 Å². The Morgan fingerprint density at radius 1 is 0.830 bits per heavy atom. The van der Waals surface area contributed by atoms with Crippen LogP contribution < -0.4 is 16.4 Å². The number of phenolic OH excluding ortho intramolecular Hbond substituents is 1. The molecular formula is C39H43N7O6S. The minimum Gasteiger partial charge on any atom is -0.508 e. The lowest BCUT2D eigenvalue weighted by Gasteiger charge is -2.36. The molecule has 0 spiro atoms. The van der Waals surface area contributed by atoms with Crippen LogP contribution in [0.4, 0.5) is 17.1 Å². The first-order valence-corrected chi connectivity index (χ1v) is 18.6. The molecule has 0 aliphatic carbocycles. The number of phenols is 1. The number of ether oxygens (including phenoxy) is 2. The van der Waals surface area contributed by atoms with Crippen LogP contribution in [-0.4, -0.2) is 54.1 Å². The van der Waals surface area contributed by atoms with Crippen LogP contribution >= 0.6 is 11.8 Å². The largest absolute Gasteiger partial charge is 0.508 e. The number of tetrazole rings is 1. The minimum absolute atomic E-state index is 0.0400. The van der Waals surface area contributed by atoms with Crippen LogP contribution in [0.15, 0.2) is 102 Å². The number of nitrogens with zero attached hydrogens (tertiary/aromatic N) is 4. The molecule has 0 radical (unpaired) electrons. The van der Waals surface area contributed by atoms with Gasteiger partial charge in [-0.2, -0.15) is 4.68 Å². The van der Waals surface area contributed by atoms with Crippen molar-refractivity contribution < 1.29 is 29.3 Å². The lowest BCUT2D eigenvalue weighted by atomic mass is 10.0. The summed E-state index contributed by atoms with van der Waals surface area (Å²) in [4.78, 5) is 24.9. The van der Waals surface area contributed by atoms with Crippen molar-refractivity contribution in [3.63, 3.8) is 0 Å². The van der Waals surface area contributed by atoms with Gasteiger partial charge in [-0.15, -0.1) is 5.10 Å². The molecule has 1 aliphatic heterocycles. The summed E-state index contributed by atoms with van der Waals surface area (Å²) in [6.07, 6.45) is 3.38. The van der Waals surface area contributed by atoms with Crippen molar-refractivity contribution in [2.75, 3.05) is 22.1 Å². The summed E-state index contributed by atoms with van der Waals surface area (Å²) in [5, 5.41) is 37.8. The molecule has 14 heteroatoms. The number of para-hydroxylation sites is 2. The van der Waals surface area contributed by atoms with Gasteiger partial charge in [-0.1, -0.05) is 73.1 Å². The van der Waals surface area contributed by atoms with E-state index < -0.39 is 6.29 Å². The summed E-state index contributed by atoms with van der Waals surface area (Å²) in [7, 11) is 0. The summed E-state index contributed by atoms with van der Waals surface area (Å²) in [6.45, 7) is -0.0400. The average molecular weight is 738 g/mol. The highest BCUT2D eigenvalue weighted by atomic mass is 32.2. The van der Waals surface area contributed by atoms with Crippen LogP contribution in [0.3, 0.4) is 0 Å². The van der Waals surface area contributed by atoms with Crippen LogP contribution in [-0.2, 0) is 25.7 Å². The zero-order chi connectivity index (χ0) is 37.0. The lowest BCUT2D eigenvalue weighted by Crippen LogP contribution is -2.31. The number of nitrogens with two attached hydrogens (primary N) is 1. The molecule has 53 heavy (non-hydrogen) atoms. The number of rotatable bonds is 16. The average Bonchev–Trinajstić information content (AvgIpc) is 3.65. The van der Waals surface area contributed by atoms with Gasteiger partial charge in [-0.3, -0.25) is 9.59 Å². The number of nitrogens with one attached hydrogen (secondary N) is 2. The van der Waals surface area contributed by atoms with E-state index >= 15 is 0 Å². The number of aliphatic hydroxyl groups is 1. The Morgan fingerprint density at radius 2 is 1.51 bits per heavy atom. The number of hydrogen-bond acceptors (Lipinski definition) is 11. The Labute approximate surface area is 311 Å². The van der Waals surface area contributed by atoms with Gasteiger partial charge in [-0.05, 0) is 82.9 Å². The maximum atomic E-state index is 12.7. The van der Waals surface area contributed by atoms with Crippen molar-refractivity contribution in [3.8, 4) is 11.4 Å². The van der Waals surface area contributed by atoms with Crippen molar-refractivity contribution in [3.05, 3.63) is 114 Å². The number of benzene rings is 4. The third-order valence-corrected chi connectivity index (χ3v) is 9.86. The van der Waals surface area contributed by atoms with E-state index in [9.17, 15) is 19.8 Å². The summed E-state index contributed by atoms with van der Waals surface area (Å²) in [5.74, 6) is 0.565. The number of unbranched alkanes of at least 4 members (excludes halogenated alkanes) is 3. The molecule has 0 unspecified atom stereocenters. The van der Waals surface area contributed by atoms with Crippen molar-refractivity contribution in [2.45, 2.75) is 75.2 Å². The third-order valence-electron chi connectivity index (χ3n) is 8.81. The highest BCUT2D eigenvalue weighted by molar-refractivity contribution is 7.99.